The van der Waals surface area contributed by atoms with E-state index in [0.717, 1.165) is 43.0 Å². The van der Waals surface area contributed by atoms with Crippen LogP contribution in [0, 0.1) is 0 Å². The number of hydrogen-bond donors (Lipinski definition) is 1. The molecule has 1 saturated heterocycles. The number of ether oxygens (including phenoxy) is 2. The molecule has 0 aromatic carbocycles. The molecule has 1 N–H and O–H groups in total. The van der Waals surface area contributed by atoms with Gasteiger partial charge in [0.25, 0.3) is 0 Å². The average Bonchev–Trinajstić information content (AvgIpc) is 2.93. The van der Waals surface area contributed by atoms with E-state index in [9.17, 15) is 4.79 Å². The fourth-order valence-corrected chi connectivity index (χ4v) is 2.82. The van der Waals surface area contributed by atoms with E-state index in [1.165, 1.54) is 7.11 Å². The molecule has 1 aliphatic rings. The molecule has 0 aliphatic carbocycles. The van der Waals surface area contributed by atoms with Crippen molar-refractivity contribution in [2.75, 3.05) is 27.3 Å². The number of fused-ring (bicyclic) bond motifs is 1. The normalized spacial score (nSPS) is 18.7. The Morgan fingerprint density at radius 2 is 2.29 bits per heavy atom. The number of imidazole rings is 1. The topological polar surface area (TPSA) is 64.9 Å². The number of esters is 1. The third-order valence-corrected chi connectivity index (χ3v) is 3.91. The molecule has 1 atom stereocenters. The SMILES string of the molecule is COC(=O)c1nc(C2CCCNC2)n2cc(OC)ccc12. The first kappa shape index (κ1) is 13.9. The van der Waals surface area contributed by atoms with Gasteiger partial charge in [0.1, 0.15) is 11.6 Å². The number of nitrogens with one attached hydrogen (secondary N) is 1. The zero-order valence-electron chi connectivity index (χ0n) is 12.3. The molecule has 21 heavy (non-hydrogen) atoms. The number of hydrogen-bond acceptors (Lipinski definition) is 5. The number of carbonyl (C=O) groups is 1. The lowest BCUT2D eigenvalue weighted by Crippen LogP contribution is -2.29. The van der Waals surface area contributed by atoms with Gasteiger partial charge in [-0.25, -0.2) is 9.78 Å². The first-order valence-electron chi connectivity index (χ1n) is 7.09. The summed E-state index contributed by atoms with van der Waals surface area (Å²) in [5, 5.41) is 3.38. The summed E-state index contributed by atoms with van der Waals surface area (Å²) in [4.78, 5) is 16.5. The van der Waals surface area contributed by atoms with Crippen LogP contribution in [0.5, 0.6) is 5.75 Å². The molecule has 6 heteroatoms. The zero-order chi connectivity index (χ0) is 14.8. The van der Waals surface area contributed by atoms with Gasteiger partial charge in [-0.15, -0.1) is 0 Å². The highest BCUT2D eigenvalue weighted by atomic mass is 16.5. The molecular weight excluding hydrogens is 270 g/mol. The van der Waals surface area contributed by atoms with Gasteiger partial charge in [0.2, 0.25) is 0 Å². The second kappa shape index (κ2) is 5.73. The minimum Gasteiger partial charge on any atom is -0.495 e. The lowest BCUT2D eigenvalue weighted by molar-refractivity contribution is 0.0596. The van der Waals surface area contributed by atoms with Crippen molar-refractivity contribution in [3.05, 3.63) is 29.8 Å². The molecular formula is C15H19N3O3. The Kier molecular flexibility index (Phi) is 3.79. The number of nitrogens with zero attached hydrogens (tertiary/aromatic N) is 2. The highest BCUT2D eigenvalue weighted by Crippen LogP contribution is 2.27. The summed E-state index contributed by atoms with van der Waals surface area (Å²) in [7, 11) is 3.00. The van der Waals surface area contributed by atoms with E-state index in [1.807, 2.05) is 22.7 Å². The van der Waals surface area contributed by atoms with Crippen molar-refractivity contribution in [1.29, 1.82) is 0 Å². The maximum absolute atomic E-state index is 11.9. The van der Waals surface area contributed by atoms with E-state index in [0.29, 0.717) is 5.69 Å². The predicted molar refractivity (Wildman–Crippen MR) is 77.9 cm³/mol. The Hall–Kier alpha value is -2.08. The Balaban J connectivity index is 2.14. The van der Waals surface area contributed by atoms with Crippen LogP contribution in [0.15, 0.2) is 18.3 Å². The molecule has 0 bridgehead atoms. The molecule has 1 fully saturated rings. The number of rotatable bonds is 3. The molecule has 0 spiro atoms. The number of piperidine rings is 1. The molecule has 2 aromatic heterocycles. The van der Waals surface area contributed by atoms with Gasteiger partial charge in [0.15, 0.2) is 5.69 Å². The summed E-state index contributed by atoms with van der Waals surface area (Å²) in [6, 6.07) is 3.67. The molecule has 3 rings (SSSR count). The second-order valence-corrected chi connectivity index (χ2v) is 5.18. The number of aromatic nitrogens is 2. The third kappa shape index (κ3) is 2.47. The monoisotopic (exact) mass is 289 g/mol. The van der Waals surface area contributed by atoms with Gasteiger partial charge in [0, 0.05) is 12.5 Å². The first-order chi connectivity index (χ1) is 10.2. The summed E-state index contributed by atoms with van der Waals surface area (Å²) >= 11 is 0. The molecule has 1 unspecified atom stereocenters. The van der Waals surface area contributed by atoms with Crippen LogP contribution in [0.4, 0.5) is 0 Å². The summed E-state index contributed by atoms with van der Waals surface area (Å²) in [6.07, 6.45) is 4.04. The lowest BCUT2D eigenvalue weighted by atomic mass is 9.99. The smallest absolute Gasteiger partial charge is 0.358 e. The summed E-state index contributed by atoms with van der Waals surface area (Å²) in [5.41, 5.74) is 1.11. The van der Waals surface area contributed by atoms with Crippen molar-refractivity contribution in [3.63, 3.8) is 0 Å². The Bertz CT molecular complexity index is 659. The zero-order valence-corrected chi connectivity index (χ0v) is 12.3. The van der Waals surface area contributed by atoms with E-state index in [-0.39, 0.29) is 5.92 Å². The van der Waals surface area contributed by atoms with Gasteiger partial charge < -0.3 is 14.8 Å². The first-order valence-corrected chi connectivity index (χ1v) is 7.09. The Morgan fingerprint density at radius 1 is 1.43 bits per heavy atom. The van der Waals surface area contributed by atoms with E-state index < -0.39 is 5.97 Å². The molecule has 0 amide bonds. The van der Waals surface area contributed by atoms with Crippen molar-refractivity contribution in [2.45, 2.75) is 18.8 Å². The molecule has 0 radical (unpaired) electrons. The van der Waals surface area contributed by atoms with Gasteiger partial charge in [-0.2, -0.15) is 0 Å². The van der Waals surface area contributed by atoms with Gasteiger partial charge in [0.05, 0.1) is 25.9 Å². The summed E-state index contributed by atoms with van der Waals surface area (Å²) < 4.78 is 12.1. The largest absolute Gasteiger partial charge is 0.495 e. The number of carbonyl (C=O) groups excluding carboxylic acids is 1. The Morgan fingerprint density at radius 3 is 2.95 bits per heavy atom. The van der Waals surface area contributed by atoms with Crippen LogP contribution in [0.25, 0.3) is 5.52 Å². The highest BCUT2D eigenvalue weighted by Gasteiger charge is 2.25. The van der Waals surface area contributed by atoms with Gasteiger partial charge in [-0.1, -0.05) is 0 Å². The van der Waals surface area contributed by atoms with E-state index >= 15 is 0 Å². The fraction of sp³-hybridized carbons (Fsp3) is 0.467. The van der Waals surface area contributed by atoms with Crippen LogP contribution in [0.1, 0.15) is 35.1 Å². The Labute approximate surface area is 123 Å². The average molecular weight is 289 g/mol. The van der Waals surface area contributed by atoms with Crippen LogP contribution in [0.3, 0.4) is 0 Å². The van der Waals surface area contributed by atoms with Crippen LogP contribution < -0.4 is 10.1 Å². The maximum atomic E-state index is 11.9. The van der Waals surface area contributed by atoms with E-state index in [4.69, 9.17) is 9.47 Å². The minimum absolute atomic E-state index is 0.289. The minimum atomic E-state index is -0.410. The van der Waals surface area contributed by atoms with Crippen molar-refractivity contribution < 1.29 is 14.3 Å². The van der Waals surface area contributed by atoms with Crippen molar-refractivity contribution in [2.24, 2.45) is 0 Å². The van der Waals surface area contributed by atoms with Crippen LogP contribution in [-0.2, 0) is 4.74 Å². The van der Waals surface area contributed by atoms with Crippen LogP contribution >= 0.6 is 0 Å². The maximum Gasteiger partial charge on any atom is 0.358 e. The summed E-state index contributed by atoms with van der Waals surface area (Å²) in [5.74, 6) is 1.50. The molecule has 2 aromatic rings. The van der Waals surface area contributed by atoms with Crippen LogP contribution in [-0.4, -0.2) is 42.7 Å². The molecule has 0 saturated carbocycles. The summed E-state index contributed by atoms with van der Waals surface area (Å²) in [6.45, 7) is 1.91. The third-order valence-electron chi connectivity index (χ3n) is 3.91. The molecule has 1 aliphatic heterocycles. The molecule has 3 heterocycles. The lowest BCUT2D eigenvalue weighted by Gasteiger charge is -2.21. The van der Waals surface area contributed by atoms with E-state index in [1.54, 1.807) is 7.11 Å². The molecule has 112 valence electrons. The van der Waals surface area contributed by atoms with Crippen molar-refractivity contribution in [3.8, 4) is 5.75 Å². The van der Waals surface area contributed by atoms with Gasteiger partial charge >= 0.3 is 5.97 Å². The number of methoxy groups -OCH3 is 2. The van der Waals surface area contributed by atoms with Gasteiger partial charge in [-0.3, -0.25) is 4.40 Å². The standard InChI is InChI=1S/C15H19N3O3/c1-20-11-5-6-12-13(15(19)21-2)17-14(18(12)9-11)10-4-3-7-16-8-10/h5-6,9-10,16H,3-4,7-8H2,1-2H3. The predicted octanol–water partition coefficient (Wildman–Crippen LogP) is 1.60. The van der Waals surface area contributed by atoms with Crippen molar-refractivity contribution >= 4 is 11.5 Å². The highest BCUT2D eigenvalue weighted by molar-refractivity contribution is 5.95. The number of pyridine rings is 1. The second-order valence-electron chi connectivity index (χ2n) is 5.18. The molecule has 6 nitrogen and oxygen atoms in total. The quantitative estimate of drug-likeness (QED) is 0.869. The van der Waals surface area contributed by atoms with Crippen molar-refractivity contribution in [1.82, 2.24) is 14.7 Å². The van der Waals surface area contributed by atoms with E-state index in [2.05, 4.69) is 10.3 Å². The van der Waals surface area contributed by atoms with Crippen LogP contribution in [0.2, 0.25) is 0 Å². The fourth-order valence-electron chi connectivity index (χ4n) is 2.82. The van der Waals surface area contributed by atoms with Gasteiger partial charge in [-0.05, 0) is 31.5 Å².